The standard InChI is InChI=1S/C17H15N7O2/c1-2-4-13-12(3-1)16-19-10-23(24(16)14-7-18-9-22(13)14)17-20-15(21-26-17)11-5-6-25-8-11/h1-4,7,9,11H,5-6,8,10H2. The zero-order valence-electron chi connectivity index (χ0n) is 13.8. The second kappa shape index (κ2) is 5.15. The van der Waals surface area contributed by atoms with Crippen molar-refractivity contribution in [2.45, 2.75) is 12.3 Å². The van der Waals surface area contributed by atoms with Gasteiger partial charge < -0.3 is 9.26 Å². The van der Waals surface area contributed by atoms with Gasteiger partial charge >= 0.3 is 6.01 Å². The Bertz CT molecular complexity index is 1020. The summed E-state index contributed by atoms with van der Waals surface area (Å²) in [6, 6.07) is 8.57. The van der Waals surface area contributed by atoms with E-state index in [1.807, 2.05) is 32.9 Å². The second-order valence-corrected chi connectivity index (χ2v) is 6.47. The molecule has 3 aliphatic rings. The van der Waals surface area contributed by atoms with Gasteiger partial charge in [-0.05, 0) is 18.6 Å². The van der Waals surface area contributed by atoms with Crippen LogP contribution in [-0.2, 0) is 4.74 Å². The molecular formula is C17H15N7O2. The van der Waals surface area contributed by atoms with E-state index < -0.39 is 0 Å². The highest BCUT2D eigenvalue weighted by molar-refractivity contribution is 6.16. The van der Waals surface area contributed by atoms with Gasteiger partial charge in [0.2, 0.25) is 0 Å². The Hall–Kier alpha value is -3.20. The monoisotopic (exact) mass is 349 g/mol. The summed E-state index contributed by atoms with van der Waals surface area (Å²) in [5, 5.41) is 8.02. The maximum absolute atomic E-state index is 5.55. The van der Waals surface area contributed by atoms with Gasteiger partial charge in [-0.15, -0.1) is 0 Å². The third-order valence-electron chi connectivity index (χ3n) is 4.98. The molecule has 0 bridgehead atoms. The Morgan fingerprint density at radius 1 is 1.19 bits per heavy atom. The Labute approximate surface area is 148 Å². The minimum atomic E-state index is 0.197. The predicted molar refractivity (Wildman–Crippen MR) is 92.4 cm³/mol. The highest BCUT2D eigenvalue weighted by Gasteiger charge is 2.38. The molecule has 9 nitrogen and oxygen atoms in total. The van der Waals surface area contributed by atoms with Gasteiger partial charge in [-0.25, -0.2) is 20.0 Å². The number of ether oxygens (including phenoxy) is 1. The molecular weight excluding hydrogens is 334 g/mol. The van der Waals surface area contributed by atoms with Crippen molar-refractivity contribution < 1.29 is 9.26 Å². The summed E-state index contributed by atoms with van der Waals surface area (Å²) in [5.74, 6) is 2.64. The van der Waals surface area contributed by atoms with Crippen LogP contribution in [0, 0.1) is 0 Å². The summed E-state index contributed by atoms with van der Waals surface area (Å²) in [6.07, 6.45) is 4.53. The Morgan fingerprint density at radius 3 is 3.08 bits per heavy atom. The molecule has 1 atom stereocenters. The number of hydrogen-bond donors (Lipinski definition) is 0. The number of rotatable bonds is 2. The van der Waals surface area contributed by atoms with Crippen LogP contribution in [0.2, 0.25) is 0 Å². The van der Waals surface area contributed by atoms with Crippen molar-refractivity contribution >= 4 is 17.7 Å². The van der Waals surface area contributed by atoms with Crippen molar-refractivity contribution in [3.63, 3.8) is 0 Å². The number of hydrazine groups is 1. The molecule has 130 valence electrons. The number of nitrogens with zero attached hydrogens (tertiary/aromatic N) is 7. The van der Waals surface area contributed by atoms with Crippen molar-refractivity contribution in [2.24, 2.45) is 4.99 Å². The highest BCUT2D eigenvalue weighted by Crippen LogP contribution is 2.36. The number of hydrogen-bond acceptors (Lipinski definition) is 8. The molecule has 0 aliphatic carbocycles. The van der Waals surface area contributed by atoms with Crippen molar-refractivity contribution in [2.75, 3.05) is 29.9 Å². The molecule has 1 fully saturated rings. The Kier molecular flexibility index (Phi) is 2.78. The maximum atomic E-state index is 5.55. The van der Waals surface area contributed by atoms with Crippen LogP contribution in [0.1, 0.15) is 23.7 Å². The van der Waals surface area contributed by atoms with E-state index in [9.17, 15) is 0 Å². The van der Waals surface area contributed by atoms with Crippen LogP contribution in [0.15, 0.2) is 46.3 Å². The van der Waals surface area contributed by atoms with Gasteiger partial charge in [0.1, 0.15) is 13.0 Å². The topological polar surface area (TPSA) is 84.8 Å². The van der Waals surface area contributed by atoms with Crippen LogP contribution in [0.5, 0.6) is 0 Å². The lowest BCUT2D eigenvalue weighted by Gasteiger charge is -2.32. The van der Waals surface area contributed by atoms with Crippen LogP contribution < -0.4 is 10.0 Å². The molecule has 5 heterocycles. The first-order valence-corrected chi connectivity index (χ1v) is 8.55. The Balaban J connectivity index is 1.42. The molecule has 2 aromatic heterocycles. The summed E-state index contributed by atoms with van der Waals surface area (Å²) in [7, 11) is 0. The van der Waals surface area contributed by atoms with E-state index in [0.717, 1.165) is 35.9 Å². The lowest BCUT2D eigenvalue weighted by atomic mass is 10.1. The molecule has 1 aromatic carbocycles. The van der Waals surface area contributed by atoms with Crippen LogP contribution in [0.4, 0.5) is 11.8 Å². The average Bonchev–Trinajstić information content (AvgIpc) is 3.47. The van der Waals surface area contributed by atoms with Crippen LogP contribution in [0.3, 0.4) is 0 Å². The van der Waals surface area contributed by atoms with Gasteiger partial charge in [-0.1, -0.05) is 17.3 Å². The highest BCUT2D eigenvalue weighted by atomic mass is 16.5. The fourth-order valence-electron chi connectivity index (χ4n) is 3.69. The van der Waals surface area contributed by atoms with E-state index in [2.05, 4.69) is 27.3 Å². The molecule has 0 amide bonds. The lowest BCUT2D eigenvalue weighted by Crippen LogP contribution is -2.45. The third kappa shape index (κ3) is 1.83. The van der Waals surface area contributed by atoms with Gasteiger partial charge in [0.05, 0.1) is 18.5 Å². The number of aliphatic imine (C=N–C) groups is 1. The zero-order chi connectivity index (χ0) is 17.1. The van der Waals surface area contributed by atoms with Crippen LogP contribution in [0.25, 0.3) is 5.69 Å². The van der Waals surface area contributed by atoms with Gasteiger partial charge in [0.25, 0.3) is 0 Å². The van der Waals surface area contributed by atoms with E-state index in [4.69, 9.17) is 14.3 Å². The molecule has 0 saturated carbocycles. The summed E-state index contributed by atoms with van der Waals surface area (Å²) >= 11 is 0. The first-order chi connectivity index (χ1) is 12.9. The molecule has 3 aromatic rings. The minimum absolute atomic E-state index is 0.197. The zero-order valence-corrected chi connectivity index (χ0v) is 13.8. The van der Waals surface area contributed by atoms with E-state index in [1.165, 1.54) is 0 Å². The minimum Gasteiger partial charge on any atom is -0.381 e. The molecule has 6 rings (SSSR count). The van der Waals surface area contributed by atoms with E-state index in [0.29, 0.717) is 25.1 Å². The molecule has 0 spiro atoms. The summed E-state index contributed by atoms with van der Waals surface area (Å²) < 4.78 is 13.0. The van der Waals surface area contributed by atoms with Gasteiger partial charge in [-0.2, -0.15) is 4.98 Å². The van der Waals surface area contributed by atoms with Crippen molar-refractivity contribution in [3.8, 4) is 5.69 Å². The lowest BCUT2D eigenvalue weighted by molar-refractivity contribution is 0.192. The number of amidine groups is 1. The number of fused-ring (bicyclic) bond motifs is 6. The fourth-order valence-corrected chi connectivity index (χ4v) is 3.69. The smallest absolute Gasteiger partial charge is 0.345 e. The normalized spacial score (nSPS) is 20.8. The van der Waals surface area contributed by atoms with Gasteiger partial charge in [-0.3, -0.25) is 4.57 Å². The number of para-hydroxylation sites is 1. The van der Waals surface area contributed by atoms with E-state index >= 15 is 0 Å². The molecule has 0 radical (unpaired) electrons. The molecule has 26 heavy (non-hydrogen) atoms. The van der Waals surface area contributed by atoms with E-state index in [-0.39, 0.29) is 5.92 Å². The van der Waals surface area contributed by atoms with Gasteiger partial charge in [0.15, 0.2) is 17.5 Å². The summed E-state index contributed by atoms with van der Waals surface area (Å²) in [4.78, 5) is 13.6. The SMILES string of the molecule is c1ccc2c(c1)C1=NCN(c3nc(C4CCOC4)no3)N1c1cncn1-2. The molecule has 1 saturated heterocycles. The Morgan fingerprint density at radius 2 is 2.15 bits per heavy atom. The van der Waals surface area contributed by atoms with Gasteiger partial charge in [0, 0.05) is 18.1 Å². The van der Waals surface area contributed by atoms with Crippen molar-refractivity contribution in [1.82, 2.24) is 19.7 Å². The van der Waals surface area contributed by atoms with E-state index in [1.54, 1.807) is 6.33 Å². The molecule has 9 heteroatoms. The summed E-state index contributed by atoms with van der Waals surface area (Å²) in [5.41, 5.74) is 2.11. The molecule has 1 unspecified atom stereocenters. The predicted octanol–water partition coefficient (Wildman–Crippen LogP) is 1.72. The largest absolute Gasteiger partial charge is 0.381 e. The number of anilines is 2. The second-order valence-electron chi connectivity index (χ2n) is 6.47. The first-order valence-electron chi connectivity index (χ1n) is 8.55. The maximum Gasteiger partial charge on any atom is 0.345 e. The van der Waals surface area contributed by atoms with Crippen molar-refractivity contribution in [3.05, 3.63) is 48.2 Å². The average molecular weight is 349 g/mol. The quantitative estimate of drug-likeness (QED) is 0.696. The van der Waals surface area contributed by atoms with Crippen molar-refractivity contribution in [1.29, 1.82) is 0 Å². The molecule has 3 aliphatic heterocycles. The number of benzene rings is 1. The van der Waals surface area contributed by atoms with Crippen LogP contribution >= 0.6 is 0 Å². The summed E-state index contributed by atoms with van der Waals surface area (Å²) in [6.45, 7) is 1.80. The number of imidazole rings is 1. The first kappa shape index (κ1) is 14.0. The van der Waals surface area contributed by atoms with Crippen LogP contribution in [-0.4, -0.2) is 45.4 Å². The third-order valence-corrected chi connectivity index (χ3v) is 4.98. The number of aromatic nitrogens is 4. The molecule has 0 N–H and O–H groups in total. The fraction of sp³-hybridized carbons (Fsp3) is 0.294.